The Kier molecular flexibility index (Phi) is 2.94. The van der Waals surface area contributed by atoms with Gasteiger partial charge in [0.15, 0.2) is 0 Å². The molecule has 0 fully saturated rings. The van der Waals surface area contributed by atoms with Gasteiger partial charge in [-0.2, -0.15) is 0 Å². The highest BCUT2D eigenvalue weighted by Crippen LogP contribution is 2.25. The second kappa shape index (κ2) is 3.57. The fraction of sp³-hybridized carbons (Fsp3) is 0.800. The summed E-state index contributed by atoms with van der Waals surface area (Å²) in [5.74, 6) is 0.929. The molecule has 1 atom stereocenters. The molecule has 64 valence electrons. The van der Waals surface area contributed by atoms with Crippen molar-refractivity contribution in [1.82, 2.24) is 0 Å². The van der Waals surface area contributed by atoms with Crippen LogP contribution in [0.15, 0.2) is 12.2 Å². The van der Waals surface area contributed by atoms with Gasteiger partial charge in [-0.15, -0.1) is 0 Å². The first kappa shape index (κ1) is 9.05. The summed E-state index contributed by atoms with van der Waals surface area (Å²) >= 11 is 0. The lowest BCUT2D eigenvalue weighted by atomic mass is 10.1. The number of rotatable bonds is 0. The fourth-order valence-corrected chi connectivity index (χ4v) is 3.87. The second-order valence-corrected chi connectivity index (χ2v) is 9.96. The molecule has 0 nitrogen and oxygen atoms in total. The Hall–Kier alpha value is -0.0431. The third-order valence-corrected chi connectivity index (χ3v) is 5.67. The van der Waals surface area contributed by atoms with Crippen LogP contribution >= 0.6 is 0 Å². The Morgan fingerprint density at radius 1 is 1.27 bits per heavy atom. The van der Waals surface area contributed by atoms with Crippen LogP contribution in [0.2, 0.25) is 25.2 Å². The van der Waals surface area contributed by atoms with Crippen molar-refractivity contribution in [3.63, 3.8) is 0 Å². The van der Waals surface area contributed by atoms with Gasteiger partial charge in [0.2, 0.25) is 0 Å². The van der Waals surface area contributed by atoms with Gasteiger partial charge < -0.3 is 0 Å². The Morgan fingerprint density at radius 3 is 2.73 bits per heavy atom. The molecule has 0 aliphatic carbocycles. The Morgan fingerprint density at radius 2 is 2.00 bits per heavy atom. The lowest BCUT2D eigenvalue weighted by Crippen LogP contribution is -2.25. The van der Waals surface area contributed by atoms with E-state index in [0.717, 1.165) is 5.92 Å². The summed E-state index contributed by atoms with van der Waals surface area (Å²) in [5.41, 5.74) is 0. The SMILES string of the molecule is CC1C/C=C\C[Si](C)(C)CC1. The van der Waals surface area contributed by atoms with Crippen molar-refractivity contribution in [2.45, 2.75) is 44.9 Å². The number of hydrogen-bond acceptors (Lipinski definition) is 0. The van der Waals surface area contributed by atoms with Crippen LogP contribution in [0, 0.1) is 5.92 Å². The predicted octanol–water partition coefficient (Wildman–Crippen LogP) is 3.68. The van der Waals surface area contributed by atoms with Gasteiger partial charge in [-0.1, -0.05) is 44.6 Å². The highest BCUT2D eigenvalue weighted by atomic mass is 28.3. The molecule has 0 radical (unpaired) electrons. The summed E-state index contributed by atoms with van der Waals surface area (Å²) in [6.45, 7) is 7.39. The van der Waals surface area contributed by atoms with E-state index in [9.17, 15) is 0 Å². The van der Waals surface area contributed by atoms with Gasteiger partial charge in [0.05, 0.1) is 8.07 Å². The number of allylic oxidation sites excluding steroid dienone is 2. The minimum Gasteiger partial charge on any atom is -0.0912 e. The van der Waals surface area contributed by atoms with E-state index in [2.05, 4.69) is 32.2 Å². The van der Waals surface area contributed by atoms with Crippen molar-refractivity contribution in [2.75, 3.05) is 0 Å². The highest BCUT2D eigenvalue weighted by molar-refractivity contribution is 6.77. The first-order valence-electron chi connectivity index (χ1n) is 4.75. The van der Waals surface area contributed by atoms with E-state index in [0.29, 0.717) is 0 Å². The van der Waals surface area contributed by atoms with Crippen molar-refractivity contribution < 1.29 is 0 Å². The van der Waals surface area contributed by atoms with Crippen LogP contribution < -0.4 is 0 Å². The van der Waals surface area contributed by atoms with E-state index in [1.807, 2.05) is 0 Å². The molecule has 1 rings (SSSR count). The molecule has 1 unspecified atom stereocenters. The van der Waals surface area contributed by atoms with Crippen molar-refractivity contribution in [1.29, 1.82) is 0 Å². The molecule has 1 heterocycles. The van der Waals surface area contributed by atoms with Crippen LogP contribution in [-0.2, 0) is 0 Å². The average Bonchev–Trinajstić information content (AvgIpc) is 1.92. The minimum atomic E-state index is -0.802. The van der Waals surface area contributed by atoms with Gasteiger partial charge in [-0.3, -0.25) is 0 Å². The lowest BCUT2D eigenvalue weighted by Gasteiger charge is -2.24. The summed E-state index contributed by atoms with van der Waals surface area (Å²) in [6, 6.07) is 2.93. The highest BCUT2D eigenvalue weighted by Gasteiger charge is 2.20. The molecule has 1 aliphatic rings. The maximum Gasteiger partial charge on any atom is 0.0511 e. The van der Waals surface area contributed by atoms with Gasteiger partial charge in [-0.05, 0) is 18.4 Å². The van der Waals surface area contributed by atoms with Gasteiger partial charge in [0.25, 0.3) is 0 Å². The lowest BCUT2D eigenvalue weighted by molar-refractivity contribution is 0.564. The Balaban J connectivity index is 2.52. The van der Waals surface area contributed by atoms with E-state index < -0.39 is 8.07 Å². The molecule has 0 saturated heterocycles. The zero-order chi connectivity index (χ0) is 8.32. The molecule has 0 spiro atoms. The van der Waals surface area contributed by atoms with E-state index in [4.69, 9.17) is 0 Å². The molecular formula is C10H20Si. The molecule has 11 heavy (non-hydrogen) atoms. The first-order chi connectivity index (χ1) is 5.10. The van der Waals surface area contributed by atoms with Crippen LogP contribution in [-0.4, -0.2) is 8.07 Å². The van der Waals surface area contributed by atoms with E-state index >= 15 is 0 Å². The molecule has 0 aromatic carbocycles. The summed E-state index contributed by atoms with van der Waals surface area (Å²) < 4.78 is 0. The molecule has 0 bridgehead atoms. The van der Waals surface area contributed by atoms with Crippen LogP contribution in [0.3, 0.4) is 0 Å². The van der Waals surface area contributed by atoms with E-state index in [1.54, 1.807) is 0 Å². The zero-order valence-corrected chi connectivity index (χ0v) is 9.06. The Bertz CT molecular complexity index is 147. The van der Waals surface area contributed by atoms with Crippen molar-refractivity contribution in [3.8, 4) is 0 Å². The Labute approximate surface area is 71.7 Å². The molecule has 0 aromatic rings. The molecule has 1 heteroatoms. The summed E-state index contributed by atoms with van der Waals surface area (Å²) in [4.78, 5) is 0. The molecular weight excluding hydrogens is 148 g/mol. The smallest absolute Gasteiger partial charge is 0.0511 e. The first-order valence-corrected chi connectivity index (χ1v) is 8.16. The van der Waals surface area contributed by atoms with Crippen LogP contribution in [0.25, 0.3) is 0 Å². The minimum absolute atomic E-state index is 0.802. The summed E-state index contributed by atoms with van der Waals surface area (Å²) in [7, 11) is -0.802. The zero-order valence-electron chi connectivity index (χ0n) is 8.06. The monoisotopic (exact) mass is 168 g/mol. The summed E-state index contributed by atoms with van der Waals surface area (Å²) in [6.07, 6.45) is 7.58. The van der Waals surface area contributed by atoms with Gasteiger partial charge >= 0.3 is 0 Å². The molecule has 0 N–H and O–H groups in total. The third-order valence-electron chi connectivity index (χ3n) is 2.69. The molecule has 1 aliphatic heterocycles. The van der Waals surface area contributed by atoms with Crippen LogP contribution in [0.5, 0.6) is 0 Å². The largest absolute Gasteiger partial charge is 0.0912 e. The van der Waals surface area contributed by atoms with Crippen molar-refractivity contribution >= 4 is 8.07 Å². The van der Waals surface area contributed by atoms with Gasteiger partial charge in [-0.25, -0.2) is 0 Å². The van der Waals surface area contributed by atoms with Crippen molar-refractivity contribution in [3.05, 3.63) is 12.2 Å². The van der Waals surface area contributed by atoms with Crippen molar-refractivity contribution in [2.24, 2.45) is 5.92 Å². The van der Waals surface area contributed by atoms with Crippen LogP contribution in [0.4, 0.5) is 0 Å². The fourth-order valence-electron chi connectivity index (χ4n) is 1.59. The normalized spacial score (nSPS) is 33.9. The van der Waals surface area contributed by atoms with Gasteiger partial charge in [0, 0.05) is 0 Å². The van der Waals surface area contributed by atoms with Crippen LogP contribution in [0.1, 0.15) is 19.8 Å². The molecule has 0 saturated carbocycles. The maximum atomic E-state index is 2.51. The second-order valence-electron chi connectivity index (χ2n) is 4.72. The molecule has 0 aromatic heterocycles. The van der Waals surface area contributed by atoms with Gasteiger partial charge in [0.1, 0.15) is 0 Å². The topological polar surface area (TPSA) is 0 Å². The van der Waals surface area contributed by atoms with E-state index in [1.165, 1.54) is 24.9 Å². The summed E-state index contributed by atoms with van der Waals surface area (Å²) in [5, 5.41) is 0. The predicted molar refractivity (Wildman–Crippen MR) is 54.6 cm³/mol. The molecule has 0 amide bonds. The quantitative estimate of drug-likeness (QED) is 0.382. The number of hydrogen-bond donors (Lipinski definition) is 0. The van der Waals surface area contributed by atoms with E-state index in [-0.39, 0.29) is 0 Å². The maximum absolute atomic E-state index is 2.51. The average molecular weight is 168 g/mol. The third kappa shape index (κ3) is 3.24. The standard InChI is InChI=1S/C10H20Si/c1-10-6-4-5-8-11(2,3)9-7-10/h4-5,10H,6-9H2,1-3H3/b5-4-.